The molecule has 0 radical (unpaired) electrons. The molecule has 2 aromatic rings. The summed E-state index contributed by atoms with van der Waals surface area (Å²) in [6.45, 7) is 4.69. The zero-order chi connectivity index (χ0) is 14.9. The summed E-state index contributed by atoms with van der Waals surface area (Å²) in [6, 6.07) is 5.14. The molecule has 0 aliphatic carbocycles. The number of nitrogens with zero attached hydrogens (tertiary/aromatic N) is 2. The van der Waals surface area contributed by atoms with Gasteiger partial charge in [-0.3, -0.25) is 0 Å². The molecule has 0 spiro atoms. The van der Waals surface area contributed by atoms with Gasteiger partial charge in [-0.1, -0.05) is 13.0 Å². The maximum atomic E-state index is 14.0. The van der Waals surface area contributed by atoms with Crippen LogP contribution in [0, 0.1) is 11.2 Å². The molecule has 0 unspecified atom stereocenters. The van der Waals surface area contributed by atoms with Crippen LogP contribution in [0.1, 0.15) is 25.6 Å². The lowest BCUT2D eigenvalue weighted by molar-refractivity contribution is 0.0157. The van der Waals surface area contributed by atoms with Gasteiger partial charge in [0.05, 0.1) is 5.52 Å². The fourth-order valence-corrected chi connectivity index (χ4v) is 3.19. The van der Waals surface area contributed by atoms with E-state index in [0.29, 0.717) is 17.8 Å². The molecular formula is C16H20ClFN2O. The molecule has 3 rings (SSSR count). The van der Waals surface area contributed by atoms with Gasteiger partial charge in [-0.25, -0.2) is 9.37 Å². The molecule has 1 fully saturated rings. The third-order valence-corrected chi connectivity index (χ3v) is 4.56. The molecule has 0 bridgehead atoms. The molecule has 0 N–H and O–H groups in total. The topological polar surface area (TPSA) is 27.1 Å². The molecule has 1 aliphatic rings. The Labute approximate surface area is 129 Å². The van der Waals surface area contributed by atoms with Crippen LogP contribution >= 0.6 is 11.6 Å². The minimum absolute atomic E-state index is 0.166. The summed E-state index contributed by atoms with van der Waals surface area (Å²) in [4.78, 5) is 4.47. The predicted molar refractivity (Wildman–Crippen MR) is 82.3 cm³/mol. The van der Waals surface area contributed by atoms with Crippen molar-refractivity contribution in [3.63, 3.8) is 0 Å². The van der Waals surface area contributed by atoms with Gasteiger partial charge in [0, 0.05) is 32.1 Å². The number of imidazole rings is 1. The average Bonchev–Trinajstić information content (AvgIpc) is 2.80. The minimum atomic E-state index is -0.265. The first-order chi connectivity index (χ1) is 10.1. The first-order valence-electron chi connectivity index (χ1n) is 7.40. The highest BCUT2D eigenvalue weighted by molar-refractivity contribution is 6.17. The molecule has 1 aliphatic heterocycles. The number of fused-ring (bicyclic) bond motifs is 1. The monoisotopic (exact) mass is 310 g/mol. The van der Waals surface area contributed by atoms with Crippen LogP contribution in [0.4, 0.5) is 4.39 Å². The smallest absolute Gasteiger partial charge is 0.151 e. The number of aromatic nitrogens is 2. The summed E-state index contributed by atoms with van der Waals surface area (Å²) >= 11 is 5.89. The number of alkyl halides is 1. The van der Waals surface area contributed by atoms with Crippen LogP contribution in [0.2, 0.25) is 0 Å². The fourth-order valence-electron chi connectivity index (χ4n) is 3.02. The van der Waals surface area contributed by atoms with Gasteiger partial charge >= 0.3 is 0 Å². The molecule has 2 heterocycles. The number of benzene rings is 1. The van der Waals surface area contributed by atoms with Crippen molar-refractivity contribution < 1.29 is 9.13 Å². The number of ether oxygens (including phenoxy) is 1. The van der Waals surface area contributed by atoms with Crippen molar-refractivity contribution in [2.75, 3.05) is 19.1 Å². The highest BCUT2D eigenvalue weighted by Crippen LogP contribution is 2.33. The molecule has 1 aromatic carbocycles. The van der Waals surface area contributed by atoms with E-state index in [9.17, 15) is 4.39 Å². The van der Waals surface area contributed by atoms with E-state index in [1.807, 2.05) is 6.07 Å². The number of aryl methyl sites for hydroxylation is 1. The Hall–Kier alpha value is -1.13. The molecule has 5 heteroatoms. The summed E-state index contributed by atoms with van der Waals surface area (Å²) in [7, 11) is 0. The lowest BCUT2D eigenvalue weighted by Gasteiger charge is -2.34. The first kappa shape index (κ1) is 14.8. The quantitative estimate of drug-likeness (QED) is 0.804. The van der Waals surface area contributed by atoms with Gasteiger partial charge in [-0.2, -0.15) is 0 Å². The summed E-state index contributed by atoms with van der Waals surface area (Å²) in [5.41, 5.74) is 1.48. The van der Waals surface area contributed by atoms with Crippen molar-refractivity contribution in [2.24, 2.45) is 5.41 Å². The van der Waals surface area contributed by atoms with Gasteiger partial charge in [0.2, 0.25) is 0 Å². The maximum Gasteiger partial charge on any atom is 0.151 e. The second-order valence-electron chi connectivity index (χ2n) is 6.08. The highest BCUT2D eigenvalue weighted by Gasteiger charge is 2.29. The van der Waals surface area contributed by atoms with E-state index in [4.69, 9.17) is 16.3 Å². The largest absolute Gasteiger partial charge is 0.381 e. The van der Waals surface area contributed by atoms with Gasteiger partial charge < -0.3 is 9.30 Å². The molecule has 3 nitrogen and oxygen atoms in total. The summed E-state index contributed by atoms with van der Waals surface area (Å²) < 4.78 is 21.6. The fraction of sp³-hybridized carbons (Fsp3) is 0.562. The molecular weight excluding hydrogens is 291 g/mol. The van der Waals surface area contributed by atoms with Crippen molar-refractivity contribution >= 4 is 22.6 Å². The Morgan fingerprint density at radius 3 is 2.86 bits per heavy atom. The van der Waals surface area contributed by atoms with Crippen LogP contribution in [0.15, 0.2) is 18.2 Å². The van der Waals surface area contributed by atoms with E-state index in [2.05, 4.69) is 16.5 Å². The Morgan fingerprint density at radius 1 is 1.38 bits per heavy atom. The Bertz CT molecular complexity index is 634. The molecule has 21 heavy (non-hydrogen) atoms. The van der Waals surface area contributed by atoms with Gasteiger partial charge in [0.25, 0.3) is 0 Å². The van der Waals surface area contributed by atoms with E-state index in [-0.39, 0.29) is 11.2 Å². The van der Waals surface area contributed by atoms with E-state index >= 15 is 0 Å². The number of para-hydroxylation sites is 1. The second-order valence-corrected chi connectivity index (χ2v) is 6.46. The molecule has 0 saturated carbocycles. The van der Waals surface area contributed by atoms with Crippen molar-refractivity contribution in [3.8, 4) is 0 Å². The lowest BCUT2D eigenvalue weighted by atomic mass is 9.82. The third-order valence-electron chi connectivity index (χ3n) is 4.37. The Kier molecular flexibility index (Phi) is 4.18. The van der Waals surface area contributed by atoms with Crippen molar-refractivity contribution in [1.82, 2.24) is 9.55 Å². The van der Waals surface area contributed by atoms with Gasteiger partial charge in [0.15, 0.2) is 5.82 Å². The zero-order valence-corrected chi connectivity index (χ0v) is 13.0. The normalized spacial score (nSPS) is 18.2. The van der Waals surface area contributed by atoms with Crippen LogP contribution in [-0.4, -0.2) is 28.6 Å². The maximum absolute atomic E-state index is 14.0. The van der Waals surface area contributed by atoms with Crippen molar-refractivity contribution in [3.05, 3.63) is 29.8 Å². The van der Waals surface area contributed by atoms with Crippen molar-refractivity contribution in [1.29, 1.82) is 0 Å². The number of hydrogen-bond donors (Lipinski definition) is 0. The van der Waals surface area contributed by atoms with Gasteiger partial charge in [0.1, 0.15) is 11.3 Å². The standard InChI is InChI=1S/C16H20ClFN2O/c1-16(6-9-21-10-7-16)11-20-13-4-2-3-12(18)15(13)19-14(20)5-8-17/h2-4H,5-11H2,1H3. The predicted octanol–water partition coefficient (Wildman–Crippen LogP) is 3.77. The summed E-state index contributed by atoms with van der Waals surface area (Å²) in [6.07, 6.45) is 2.69. The molecule has 0 amide bonds. The first-order valence-corrected chi connectivity index (χ1v) is 7.94. The number of hydrogen-bond acceptors (Lipinski definition) is 2. The van der Waals surface area contributed by atoms with Gasteiger partial charge in [-0.05, 0) is 30.4 Å². The number of rotatable bonds is 4. The van der Waals surface area contributed by atoms with Crippen LogP contribution in [-0.2, 0) is 17.7 Å². The van der Waals surface area contributed by atoms with Crippen LogP contribution < -0.4 is 0 Å². The molecule has 114 valence electrons. The minimum Gasteiger partial charge on any atom is -0.381 e. The van der Waals surface area contributed by atoms with E-state index < -0.39 is 0 Å². The highest BCUT2D eigenvalue weighted by atomic mass is 35.5. The summed E-state index contributed by atoms with van der Waals surface area (Å²) in [5, 5.41) is 0. The molecule has 0 atom stereocenters. The average molecular weight is 311 g/mol. The number of halogens is 2. The van der Waals surface area contributed by atoms with Gasteiger partial charge in [-0.15, -0.1) is 11.6 Å². The van der Waals surface area contributed by atoms with Crippen LogP contribution in [0.3, 0.4) is 0 Å². The van der Waals surface area contributed by atoms with E-state index in [0.717, 1.165) is 43.9 Å². The van der Waals surface area contributed by atoms with Crippen LogP contribution in [0.25, 0.3) is 11.0 Å². The van der Waals surface area contributed by atoms with Crippen molar-refractivity contribution in [2.45, 2.75) is 32.7 Å². The van der Waals surface area contributed by atoms with E-state index in [1.165, 1.54) is 6.07 Å². The molecule has 1 aromatic heterocycles. The lowest BCUT2D eigenvalue weighted by Crippen LogP contribution is -2.31. The zero-order valence-electron chi connectivity index (χ0n) is 12.2. The molecule has 1 saturated heterocycles. The van der Waals surface area contributed by atoms with Crippen LogP contribution in [0.5, 0.6) is 0 Å². The van der Waals surface area contributed by atoms with E-state index in [1.54, 1.807) is 6.07 Å². The second kappa shape index (κ2) is 5.93. The summed E-state index contributed by atoms with van der Waals surface area (Å²) in [5.74, 6) is 1.10. The SMILES string of the molecule is CC1(Cn2c(CCCl)nc3c(F)cccc32)CCOCC1. The Morgan fingerprint density at radius 2 is 2.14 bits per heavy atom. The Balaban J connectivity index is 2.02. The third kappa shape index (κ3) is 2.92.